The molecule has 0 aromatic heterocycles. The van der Waals surface area contributed by atoms with Crippen LogP contribution in [-0.4, -0.2) is 70.3 Å². The van der Waals surface area contributed by atoms with E-state index in [-0.39, 0.29) is 37.0 Å². The number of fused-ring (bicyclic) bond motifs is 2. The molecule has 1 unspecified atom stereocenters. The summed E-state index contributed by atoms with van der Waals surface area (Å²) in [4.78, 5) is 30.5. The normalized spacial score (nSPS) is 27.5. The highest BCUT2D eigenvalue weighted by molar-refractivity contribution is 5.86. The number of halogens is 2. The van der Waals surface area contributed by atoms with Gasteiger partial charge in [-0.25, -0.2) is 8.78 Å². The molecular formula is C20H23F2N5O2. The maximum Gasteiger partial charge on any atom is 0.241 e. The average molecular weight is 403 g/mol. The number of rotatable bonds is 5. The zero-order chi connectivity index (χ0) is 20.7. The Morgan fingerprint density at radius 3 is 2.69 bits per heavy atom. The number of amides is 2. The molecule has 7 nitrogen and oxygen atoms in total. The summed E-state index contributed by atoms with van der Waals surface area (Å²) in [6, 6.07) is 3.75. The van der Waals surface area contributed by atoms with Gasteiger partial charge in [0.2, 0.25) is 11.8 Å². The standard InChI is InChI=1S/C20H23F2N5O2/c21-13-4-12(5-14(22)6-13)9-27-16-7-18(20(27)29)25(10-16)11-17(24)19(28)26-3-1-2-15(26)8-23/h4-6,15-18H,1-3,7,9-11,24H2/t15-,16?,17-,18-/m0/s1. The van der Waals surface area contributed by atoms with Crippen LogP contribution in [0.15, 0.2) is 18.2 Å². The minimum Gasteiger partial charge on any atom is -0.333 e. The van der Waals surface area contributed by atoms with Crippen LogP contribution in [0.5, 0.6) is 0 Å². The smallest absolute Gasteiger partial charge is 0.241 e. The van der Waals surface area contributed by atoms with Crippen LogP contribution < -0.4 is 5.73 Å². The molecule has 4 rings (SSSR count). The number of nitriles is 1. The van der Waals surface area contributed by atoms with Crippen molar-refractivity contribution in [3.05, 3.63) is 35.4 Å². The molecule has 2 amide bonds. The number of carbonyl (C=O) groups excluding carboxylic acids is 2. The van der Waals surface area contributed by atoms with E-state index in [9.17, 15) is 18.4 Å². The van der Waals surface area contributed by atoms with Gasteiger partial charge in [-0.3, -0.25) is 14.5 Å². The predicted octanol–water partition coefficient (Wildman–Crippen LogP) is 0.592. The summed E-state index contributed by atoms with van der Waals surface area (Å²) in [6.07, 6.45) is 2.07. The molecular weight excluding hydrogens is 380 g/mol. The number of benzene rings is 1. The van der Waals surface area contributed by atoms with Crippen molar-refractivity contribution < 1.29 is 18.4 Å². The van der Waals surface area contributed by atoms with E-state index in [1.165, 1.54) is 17.0 Å². The molecule has 3 aliphatic heterocycles. The number of nitrogens with two attached hydrogens (primary N) is 1. The Morgan fingerprint density at radius 1 is 1.31 bits per heavy atom. The van der Waals surface area contributed by atoms with Crippen LogP contribution in [0, 0.1) is 23.0 Å². The predicted molar refractivity (Wildman–Crippen MR) is 99.0 cm³/mol. The second-order valence-corrected chi connectivity index (χ2v) is 8.03. The highest BCUT2D eigenvalue weighted by atomic mass is 19.1. The van der Waals surface area contributed by atoms with E-state index < -0.39 is 23.7 Å². The van der Waals surface area contributed by atoms with E-state index >= 15 is 0 Å². The number of hydrogen-bond acceptors (Lipinski definition) is 5. The molecule has 3 fully saturated rings. The van der Waals surface area contributed by atoms with Crippen molar-refractivity contribution in [3.63, 3.8) is 0 Å². The van der Waals surface area contributed by atoms with Gasteiger partial charge in [-0.05, 0) is 37.0 Å². The third-order valence-corrected chi connectivity index (χ3v) is 6.10. The fourth-order valence-corrected chi connectivity index (χ4v) is 4.75. The van der Waals surface area contributed by atoms with Gasteiger partial charge < -0.3 is 15.5 Å². The molecule has 3 aliphatic rings. The van der Waals surface area contributed by atoms with Crippen LogP contribution in [0.2, 0.25) is 0 Å². The van der Waals surface area contributed by atoms with Gasteiger partial charge in [0.05, 0.1) is 18.2 Å². The molecule has 9 heteroatoms. The van der Waals surface area contributed by atoms with Crippen LogP contribution in [-0.2, 0) is 16.1 Å². The van der Waals surface area contributed by atoms with Crippen molar-refractivity contribution in [1.82, 2.24) is 14.7 Å². The largest absolute Gasteiger partial charge is 0.333 e. The van der Waals surface area contributed by atoms with Crippen molar-refractivity contribution >= 4 is 11.8 Å². The van der Waals surface area contributed by atoms with Crippen LogP contribution in [0.25, 0.3) is 0 Å². The van der Waals surface area contributed by atoms with Gasteiger partial charge in [-0.1, -0.05) is 0 Å². The van der Waals surface area contributed by atoms with E-state index in [0.717, 1.165) is 12.5 Å². The zero-order valence-electron chi connectivity index (χ0n) is 15.9. The molecule has 2 N–H and O–H groups in total. The summed E-state index contributed by atoms with van der Waals surface area (Å²) in [5.74, 6) is -1.70. The van der Waals surface area contributed by atoms with Gasteiger partial charge in [-0.2, -0.15) is 5.26 Å². The minimum atomic E-state index is -0.790. The Bertz CT molecular complexity index is 853. The first-order chi connectivity index (χ1) is 13.9. The number of hydrogen-bond donors (Lipinski definition) is 1. The van der Waals surface area contributed by atoms with Gasteiger partial charge in [-0.15, -0.1) is 0 Å². The summed E-state index contributed by atoms with van der Waals surface area (Å²) in [6.45, 7) is 1.51. The van der Waals surface area contributed by atoms with E-state index in [1.807, 2.05) is 4.90 Å². The molecule has 3 heterocycles. The summed E-state index contributed by atoms with van der Waals surface area (Å²) >= 11 is 0. The van der Waals surface area contributed by atoms with E-state index in [0.29, 0.717) is 31.5 Å². The lowest BCUT2D eigenvalue weighted by Crippen LogP contribution is -2.56. The third-order valence-electron chi connectivity index (χ3n) is 6.10. The quantitative estimate of drug-likeness (QED) is 0.777. The maximum absolute atomic E-state index is 13.4. The summed E-state index contributed by atoms with van der Waals surface area (Å²) in [5.41, 5.74) is 6.53. The molecule has 4 atom stereocenters. The Balaban J connectivity index is 1.37. The average Bonchev–Trinajstić information content (AvgIpc) is 3.36. The fraction of sp³-hybridized carbons (Fsp3) is 0.550. The lowest BCUT2D eigenvalue weighted by molar-refractivity contribution is -0.139. The van der Waals surface area contributed by atoms with Crippen molar-refractivity contribution in [3.8, 4) is 6.07 Å². The van der Waals surface area contributed by atoms with Crippen LogP contribution in [0.4, 0.5) is 8.78 Å². The third kappa shape index (κ3) is 3.70. The molecule has 2 bridgehead atoms. The Morgan fingerprint density at radius 2 is 2.03 bits per heavy atom. The highest BCUT2D eigenvalue weighted by Crippen LogP contribution is 2.33. The van der Waals surface area contributed by atoms with Crippen LogP contribution in [0.1, 0.15) is 24.8 Å². The summed E-state index contributed by atoms with van der Waals surface area (Å²) < 4.78 is 26.9. The van der Waals surface area contributed by atoms with Gasteiger partial charge in [0.15, 0.2) is 0 Å². The van der Waals surface area contributed by atoms with E-state index in [2.05, 4.69) is 6.07 Å². The first-order valence-corrected chi connectivity index (χ1v) is 9.82. The van der Waals surface area contributed by atoms with Gasteiger partial charge in [0.25, 0.3) is 0 Å². The molecule has 0 radical (unpaired) electrons. The molecule has 154 valence electrons. The Kier molecular flexibility index (Phi) is 5.23. The summed E-state index contributed by atoms with van der Waals surface area (Å²) in [5, 5.41) is 9.16. The fourth-order valence-electron chi connectivity index (χ4n) is 4.75. The number of nitrogens with zero attached hydrogens (tertiary/aromatic N) is 4. The van der Waals surface area contributed by atoms with Crippen molar-refractivity contribution in [2.75, 3.05) is 19.6 Å². The Hall–Kier alpha value is -2.57. The van der Waals surface area contributed by atoms with Crippen LogP contribution >= 0.6 is 0 Å². The van der Waals surface area contributed by atoms with Gasteiger partial charge in [0.1, 0.15) is 17.7 Å². The number of likely N-dealkylation sites (tertiary alicyclic amines) is 3. The lowest BCUT2D eigenvalue weighted by atomic mass is 10.1. The maximum atomic E-state index is 13.4. The second-order valence-electron chi connectivity index (χ2n) is 8.03. The Labute approximate surface area is 167 Å². The van der Waals surface area contributed by atoms with Gasteiger partial charge >= 0.3 is 0 Å². The second kappa shape index (κ2) is 7.69. The minimum absolute atomic E-state index is 0.0697. The zero-order valence-corrected chi connectivity index (χ0v) is 15.9. The number of piperazine rings is 1. The molecule has 1 aromatic carbocycles. The highest BCUT2D eigenvalue weighted by Gasteiger charge is 2.50. The first-order valence-electron chi connectivity index (χ1n) is 9.82. The lowest BCUT2D eigenvalue weighted by Gasteiger charge is -2.35. The van der Waals surface area contributed by atoms with Gasteiger partial charge in [0, 0.05) is 38.3 Å². The van der Waals surface area contributed by atoms with E-state index in [1.54, 1.807) is 4.90 Å². The molecule has 0 saturated carbocycles. The SMILES string of the molecule is N#C[C@@H]1CCCN1C(=O)[C@@H](N)CN1CC2C[C@H]1C(=O)N2Cc1cc(F)cc(F)c1. The molecule has 0 aliphatic carbocycles. The molecule has 1 aromatic rings. The molecule has 29 heavy (non-hydrogen) atoms. The monoisotopic (exact) mass is 403 g/mol. The van der Waals surface area contributed by atoms with Crippen molar-refractivity contribution in [2.24, 2.45) is 5.73 Å². The topological polar surface area (TPSA) is 93.7 Å². The van der Waals surface area contributed by atoms with Crippen molar-refractivity contribution in [2.45, 2.75) is 50.0 Å². The molecule has 0 spiro atoms. The summed E-state index contributed by atoms with van der Waals surface area (Å²) in [7, 11) is 0. The van der Waals surface area contributed by atoms with E-state index in [4.69, 9.17) is 11.0 Å². The molecule has 3 saturated heterocycles. The number of carbonyl (C=O) groups is 2. The van der Waals surface area contributed by atoms with Crippen molar-refractivity contribution in [1.29, 1.82) is 5.26 Å². The first kappa shape index (κ1) is 19.7. The van der Waals surface area contributed by atoms with Crippen LogP contribution in [0.3, 0.4) is 0 Å².